The first-order valence-corrected chi connectivity index (χ1v) is 6.52. The molecule has 0 aliphatic carbocycles. The second-order valence-corrected chi connectivity index (χ2v) is 4.69. The third-order valence-corrected chi connectivity index (χ3v) is 2.41. The summed E-state index contributed by atoms with van der Waals surface area (Å²) in [7, 11) is 0. The Morgan fingerprint density at radius 1 is 1.47 bits per heavy atom. The van der Waals surface area contributed by atoms with Gasteiger partial charge in [-0.15, -0.1) is 0 Å². The van der Waals surface area contributed by atoms with E-state index in [0.29, 0.717) is 5.92 Å². The van der Waals surface area contributed by atoms with Crippen molar-refractivity contribution in [2.24, 2.45) is 5.92 Å². The number of nitrogens with one attached hydrogen (secondary N) is 1. The van der Waals surface area contributed by atoms with Crippen molar-refractivity contribution in [3.8, 4) is 0 Å². The Hall–Kier alpha value is -0.870. The number of ether oxygens (including phenoxy) is 1. The van der Waals surface area contributed by atoms with Crippen LogP contribution in [0.4, 0.5) is 0 Å². The zero-order valence-electron chi connectivity index (χ0n) is 11.3. The van der Waals surface area contributed by atoms with E-state index in [1.165, 1.54) is 5.56 Å². The summed E-state index contributed by atoms with van der Waals surface area (Å²) in [6, 6.07) is 0. The molecule has 0 atom stereocenters. The van der Waals surface area contributed by atoms with Crippen LogP contribution in [0.15, 0.2) is 12.4 Å². The Labute approximate surface area is 104 Å². The minimum Gasteiger partial charge on any atom is -0.382 e. The third-order valence-electron chi connectivity index (χ3n) is 2.41. The largest absolute Gasteiger partial charge is 0.382 e. The van der Waals surface area contributed by atoms with E-state index in [1.807, 2.05) is 17.8 Å². The van der Waals surface area contributed by atoms with Crippen LogP contribution >= 0.6 is 0 Å². The first-order chi connectivity index (χ1) is 8.22. The van der Waals surface area contributed by atoms with Gasteiger partial charge in [-0.1, -0.05) is 13.8 Å². The molecule has 1 heterocycles. The fraction of sp³-hybridized carbons (Fsp3) is 0.769. The lowest BCUT2D eigenvalue weighted by molar-refractivity contribution is 0.144. The molecule has 0 saturated heterocycles. The predicted molar refractivity (Wildman–Crippen MR) is 69.9 cm³/mol. The van der Waals surface area contributed by atoms with Gasteiger partial charge in [0.1, 0.15) is 0 Å². The first kappa shape index (κ1) is 14.2. The summed E-state index contributed by atoms with van der Waals surface area (Å²) in [4.78, 5) is 0. The van der Waals surface area contributed by atoms with Gasteiger partial charge in [0.15, 0.2) is 0 Å². The minimum atomic E-state index is 0.641. The molecule has 0 saturated carbocycles. The van der Waals surface area contributed by atoms with Gasteiger partial charge >= 0.3 is 0 Å². The molecular weight excluding hydrogens is 214 g/mol. The summed E-state index contributed by atoms with van der Waals surface area (Å²) in [6.45, 7) is 11.0. The molecule has 17 heavy (non-hydrogen) atoms. The van der Waals surface area contributed by atoms with Gasteiger partial charge in [-0.2, -0.15) is 5.10 Å². The Balaban J connectivity index is 2.12. The molecule has 98 valence electrons. The standard InChI is InChI=1S/C13H25N3O/c1-4-17-7-5-6-14-8-13-9-15-16(11-13)10-12(2)3/h9,11-12,14H,4-8,10H2,1-3H3. The number of hydrogen-bond acceptors (Lipinski definition) is 3. The van der Waals surface area contributed by atoms with Crippen molar-refractivity contribution in [2.45, 2.75) is 40.3 Å². The summed E-state index contributed by atoms with van der Waals surface area (Å²) in [5.74, 6) is 0.641. The number of hydrogen-bond donors (Lipinski definition) is 1. The average Bonchev–Trinajstić information content (AvgIpc) is 2.70. The monoisotopic (exact) mass is 239 g/mol. The van der Waals surface area contributed by atoms with Crippen molar-refractivity contribution >= 4 is 0 Å². The van der Waals surface area contributed by atoms with E-state index in [9.17, 15) is 0 Å². The van der Waals surface area contributed by atoms with E-state index in [2.05, 4.69) is 30.5 Å². The highest BCUT2D eigenvalue weighted by molar-refractivity contribution is 5.03. The Morgan fingerprint density at radius 2 is 2.29 bits per heavy atom. The lowest BCUT2D eigenvalue weighted by Gasteiger charge is -2.04. The van der Waals surface area contributed by atoms with Crippen LogP contribution in [0.3, 0.4) is 0 Å². The SMILES string of the molecule is CCOCCCNCc1cnn(CC(C)C)c1. The topological polar surface area (TPSA) is 39.1 Å². The number of aromatic nitrogens is 2. The molecule has 4 heteroatoms. The van der Waals surface area contributed by atoms with Crippen LogP contribution in [0.2, 0.25) is 0 Å². The van der Waals surface area contributed by atoms with Gasteiger partial charge in [0.05, 0.1) is 6.20 Å². The van der Waals surface area contributed by atoms with Crippen molar-refractivity contribution in [1.29, 1.82) is 0 Å². The fourth-order valence-corrected chi connectivity index (χ4v) is 1.65. The molecule has 1 aromatic rings. The zero-order chi connectivity index (χ0) is 12.5. The predicted octanol–water partition coefficient (Wildman–Crippen LogP) is 2.06. The molecule has 1 aromatic heterocycles. The van der Waals surface area contributed by atoms with Gasteiger partial charge in [-0.25, -0.2) is 0 Å². The maximum absolute atomic E-state index is 5.28. The fourth-order valence-electron chi connectivity index (χ4n) is 1.65. The molecular formula is C13H25N3O. The maximum atomic E-state index is 5.28. The highest BCUT2D eigenvalue weighted by Crippen LogP contribution is 2.01. The van der Waals surface area contributed by atoms with Crippen LogP contribution in [-0.2, 0) is 17.8 Å². The summed E-state index contributed by atoms with van der Waals surface area (Å²) in [6.07, 6.45) is 5.13. The Bertz CT molecular complexity index is 297. The van der Waals surface area contributed by atoms with E-state index < -0.39 is 0 Å². The van der Waals surface area contributed by atoms with Crippen molar-refractivity contribution in [3.63, 3.8) is 0 Å². The van der Waals surface area contributed by atoms with Gasteiger partial charge in [-0.05, 0) is 25.8 Å². The van der Waals surface area contributed by atoms with Crippen LogP contribution in [0.5, 0.6) is 0 Å². The molecule has 0 radical (unpaired) electrons. The summed E-state index contributed by atoms with van der Waals surface area (Å²) in [5.41, 5.74) is 1.25. The minimum absolute atomic E-state index is 0.641. The van der Waals surface area contributed by atoms with Crippen LogP contribution in [-0.4, -0.2) is 29.5 Å². The van der Waals surface area contributed by atoms with Crippen molar-refractivity contribution < 1.29 is 4.74 Å². The lowest BCUT2D eigenvalue weighted by atomic mass is 10.2. The molecule has 0 amide bonds. The molecule has 0 aromatic carbocycles. The van der Waals surface area contributed by atoms with Gasteiger partial charge in [0.25, 0.3) is 0 Å². The summed E-state index contributed by atoms with van der Waals surface area (Å²) in [5, 5.41) is 7.73. The van der Waals surface area contributed by atoms with Crippen LogP contribution in [0.25, 0.3) is 0 Å². The van der Waals surface area contributed by atoms with Gasteiger partial charge < -0.3 is 10.1 Å². The molecule has 1 rings (SSSR count). The van der Waals surface area contributed by atoms with Crippen LogP contribution in [0.1, 0.15) is 32.8 Å². The lowest BCUT2D eigenvalue weighted by Crippen LogP contribution is -2.16. The Morgan fingerprint density at radius 3 is 3.00 bits per heavy atom. The first-order valence-electron chi connectivity index (χ1n) is 6.52. The molecule has 1 N–H and O–H groups in total. The molecule has 0 spiro atoms. The smallest absolute Gasteiger partial charge is 0.0534 e. The number of rotatable bonds is 9. The molecule has 0 fully saturated rings. The molecule has 4 nitrogen and oxygen atoms in total. The number of nitrogens with zero attached hydrogens (tertiary/aromatic N) is 2. The highest BCUT2D eigenvalue weighted by atomic mass is 16.5. The van der Waals surface area contributed by atoms with E-state index in [4.69, 9.17) is 4.74 Å². The van der Waals surface area contributed by atoms with Crippen molar-refractivity contribution in [2.75, 3.05) is 19.8 Å². The summed E-state index contributed by atoms with van der Waals surface area (Å²) < 4.78 is 7.29. The van der Waals surface area contributed by atoms with Gasteiger partial charge in [0.2, 0.25) is 0 Å². The summed E-state index contributed by atoms with van der Waals surface area (Å²) >= 11 is 0. The second kappa shape index (κ2) is 8.25. The molecule has 0 aliphatic heterocycles. The maximum Gasteiger partial charge on any atom is 0.0534 e. The molecule has 0 unspecified atom stereocenters. The quantitative estimate of drug-likeness (QED) is 0.670. The molecule has 0 aliphatic rings. The Kier molecular flexibility index (Phi) is 6.89. The third kappa shape index (κ3) is 6.44. The average molecular weight is 239 g/mol. The van der Waals surface area contributed by atoms with E-state index >= 15 is 0 Å². The van der Waals surface area contributed by atoms with Crippen LogP contribution in [0, 0.1) is 5.92 Å². The van der Waals surface area contributed by atoms with Gasteiger partial charge in [-0.3, -0.25) is 4.68 Å². The second-order valence-electron chi connectivity index (χ2n) is 4.69. The van der Waals surface area contributed by atoms with Crippen molar-refractivity contribution in [1.82, 2.24) is 15.1 Å². The van der Waals surface area contributed by atoms with E-state index in [1.54, 1.807) is 0 Å². The zero-order valence-corrected chi connectivity index (χ0v) is 11.3. The highest BCUT2D eigenvalue weighted by Gasteiger charge is 2.00. The van der Waals surface area contributed by atoms with E-state index in [0.717, 1.165) is 39.3 Å². The van der Waals surface area contributed by atoms with E-state index in [-0.39, 0.29) is 0 Å². The van der Waals surface area contributed by atoms with Crippen LogP contribution < -0.4 is 5.32 Å². The normalized spacial score (nSPS) is 11.3. The van der Waals surface area contributed by atoms with Gasteiger partial charge in [0, 0.05) is 38.1 Å². The molecule has 0 bridgehead atoms. The van der Waals surface area contributed by atoms with Crippen molar-refractivity contribution in [3.05, 3.63) is 18.0 Å².